The van der Waals surface area contributed by atoms with E-state index < -0.39 is 0 Å². The average molecular weight is 287 g/mol. The van der Waals surface area contributed by atoms with Crippen LogP contribution in [-0.4, -0.2) is 51.2 Å². The van der Waals surface area contributed by atoms with Crippen molar-refractivity contribution in [2.24, 2.45) is 5.41 Å². The van der Waals surface area contributed by atoms with Crippen LogP contribution in [0.1, 0.15) is 51.9 Å². The van der Waals surface area contributed by atoms with Gasteiger partial charge < -0.3 is 19.9 Å². The molecule has 4 nitrogen and oxygen atoms in total. The number of nitrogens with one attached hydrogen (secondary N) is 1. The molecule has 0 radical (unpaired) electrons. The summed E-state index contributed by atoms with van der Waals surface area (Å²) in [5.74, 6) is 0. The lowest BCUT2D eigenvalue weighted by molar-refractivity contribution is 0.0347. The smallest absolute Gasteiger partial charge is 0.0897 e. The molecular weight excluding hydrogens is 254 g/mol. The SMILES string of the molecule is CCCCCCOCC(O)CNCC1(CCOC)CC1. The van der Waals surface area contributed by atoms with E-state index in [1.165, 1.54) is 32.1 Å². The molecule has 0 aromatic carbocycles. The molecule has 0 aromatic heterocycles. The molecule has 0 aromatic rings. The van der Waals surface area contributed by atoms with E-state index in [0.717, 1.165) is 32.6 Å². The normalized spacial score (nSPS) is 18.1. The number of aliphatic hydroxyl groups is 1. The minimum Gasteiger partial charge on any atom is -0.389 e. The topological polar surface area (TPSA) is 50.7 Å². The zero-order valence-electron chi connectivity index (χ0n) is 13.3. The number of methoxy groups -OCH3 is 1. The van der Waals surface area contributed by atoms with Crippen LogP contribution in [0.4, 0.5) is 0 Å². The van der Waals surface area contributed by atoms with Crippen LogP contribution in [0.2, 0.25) is 0 Å². The fourth-order valence-electron chi connectivity index (χ4n) is 2.42. The summed E-state index contributed by atoms with van der Waals surface area (Å²) in [5, 5.41) is 13.2. The van der Waals surface area contributed by atoms with Crippen LogP contribution in [0.25, 0.3) is 0 Å². The highest BCUT2D eigenvalue weighted by atomic mass is 16.5. The Morgan fingerprint density at radius 2 is 2.00 bits per heavy atom. The summed E-state index contributed by atoms with van der Waals surface area (Å²) in [6.45, 7) is 5.88. The third kappa shape index (κ3) is 8.20. The Labute approximate surface area is 124 Å². The van der Waals surface area contributed by atoms with Crippen molar-refractivity contribution in [3.05, 3.63) is 0 Å². The van der Waals surface area contributed by atoms with E-state index in [-0.39, 0.29) is 6.10 Å². The molecule has 1 saturated carbocycles. The maximum absolute atomic E-state index is 9.83. The van der Waals surface area contributed by atoms with E-state index in [9.17, 15) is 5.11 Å². The molecule has 0 saturated heterocycles. The van der Waals surface area contributed by atoms with Gasteiger partial charge in [-0.3, -0.25) is 0 Å². The molecule has 2 N–H and O–H groups in total. The summed E-state index contributed by atoms with van der Waals surface area (Å²) in [7, 11) is 1.76. The molecule has 120 valence electrons. The van der Waals surface area contributed by atoms with E-state index in [2.05, 4.69) is 12.2 Å². The Morgan fingerprint density at radius 1 is 1.20 bits per heavy atom. The number of rotatable bonds is 14. The lowest BCUT2D eigenvalue weighted by Gasteiger charge is -2.17. The molecule has 1 fully saturated rings. The van der Waals surface area contributed by atoms with E-state index in [4.69, 9.17) is 9.47 Å². The number of unbranched alkanes of at least 4 members (excludes halogenated alkanes) is 3. The second-order valence-electron chi connectivity index (χ2n) is 6.16. The van der Waals surface area contributed by atoms with E-state index in [0.29, 0.717) is 18.6 Å². The Bertz CT molecular complexity index is 232. The minimum atomic E-state index is -0.389. The first kappa shape index (κ1) is 17.9. The van der Waals surface area contributed by atoms with Crippen LogP contribution in [0.5, 0.6) is 0 Å². The molecule has 20 heavy (non-hydrogen) atoms. The molecule has 0 bridgehead atoms. The second kappa shape index (κ2) is 10.6. The van der Waals surface area contributed by atoms with Gasteiger partial charge in [0.25, 0.3) is 0 Å². The molecule has 0 heterocycles. The van der Waals surface area contributed by atoms with Gasteiger partial charge in [0.2, 0.25) is 0 Å². The Hall–Kier alpha value is -0.160. The fourth-order valence-corrected chi connectivity index (χ4v) is 2.42. The Balaban J connectivity index is 1.91. The van der Waals surface area contributed by atoms with Crippen molar-refractivity contribution in [2.45, 2.75) is 58.0 Å². The van der Waals surface area contributed by atoms with Gasteiger partial charge >= 0.3 is 0 Å². The van der Waals surface area contributed by atoms with Crippen LogP contribution in [-0.2, 0) is 9.47 Å². The first-order valence-electron chi connectivity index (χ1n) is 8.18. The minimum absolute atomic E-state index is 0.389. The summed E-state index contributed by atoms with van der Waals surface area (Å²) >= 11 is 0. The highest BCUT2D eigenvalue weighted by Crippen LogP contribution is 2.48. The van der Waals surface area contributed by atoms with Crippen molar-refractivity contribution in [2.75, 3.05) is 40.0 Å². The molecule has 1 rings (SSSR count). The van der Waals surface area contributed by atoms with Gasteiger partial charge in [0, 0.05) is 33.4 Å². The zero-order chi connectivity index (χ0) is 14.7. The third-order valence-corrected chi connectivity index (χ3v) is 4.13. The highest BCUT2D eigenvalue weighted by molar-refractivity contribution is 4.94. The van der Waals surface area contributed by atoms with Crippen molar-refractivity contribution in [3.63, 3.8) is 0 Å². The first-order chi connectivity index (χ1) is 9.72. The number of ether oxygens (including phenoxy) is 2. The first-order valence-corrected chi connectivity index (χ1v) is 8.18. The largest absolute Gasteiger partial charge is 0.389 e. The average Bonchev–Trinajstić information content (AvgIpc) is 3.21. The van der Waals surface area contributed by atoms with Gasteiger partial charge in [-0.1, -0.05) is 26.2 Å². The number of aliphatic hydroxyl groups excluding tert-OH is 1. The predicted molar refractivity (Wildman–Crippen MR) is 82.0 cm³/mol. The summed E-state index contributed by atoms with van der Waals surface area (Å²) in [4.78, 5) is 0. The molecule has 0 amide bonds. The number of hydrogen-bond donors (Lipinski definition) is 2. The van der Waals surface area contributed by atoms with Gasteiger partial charge in [-0.05, 0) is 31.1 Å². The second-order valence-corrected chi connectivity index (χ2v) is 6.16. The maximum Gasteiger partial charge on any atom is 0.0897 e. The van der Waals surface area contributed by atoms with Gasteiger partial charge in [0.1, 0.15) is 0 Å². The fraction of sp³-hybridized carbons (Fsp3) is 1.00. The lowest BCUT2D eigenvalue weighted by atomic mass is 10.0. The molecule has 0 spiro atoms. The van der Waals surface area contributed by atoms with Crippen LogP contribution >= 0.6 is 0 Å². The van der Waals surface area contributed by atoms with Gasteiger partial charge in [-0.15, -0.1) is 0 Å². The molecule has 1 aliphatic carbocycles. The maximum atomic E-state index is 9.83. The molecule has 4 heteroatoms. The van der Waals surface area contributed by atoms with E-state index >= 15 is 0 Å². The van der Waals surface area contributed by atoms with Crippen LogP contribution in [0.15, 0.2) is 0 Å². The molecule has 0 aliphatic heterocycles. The van der Waals surface area contributed by atoms with Crippen molar-refractivity contribution in [3.8, 4) is 0 Å². The molecule has 1 aliphatic rings. The predicted octanol–water partition coefficient (Wildman–Crippen LogP) is 2.35. The Kier molecular flexibility index (Phi) is 9.44. The third-order valence-electron chi connectivity index (χ3n) is 4.13. The summed E-state index contributed by atoms with van der Waals surface area (Å²) in [6, 6.07) is 0. The summed E-state index contributed by atoms with van der Waals surface area (Å²) in [5.41, 5.74) is 0.441. The standard InChI is InChI=1S/C16H33NO3/c1-3-4-5-6-10-20-13-15(18)12-17-14-16(7-8-16)9-11-19-2/h15,17-18H,3-14H2,1-2H3. The van der Waals surface area contributed by atoms with Gasteiger partial charge in [-0.2, -0.15) is 0 Å². The summed E-state index contributed by atoms with van der Waals surface area (Å²) in [6.07, 6.45) is 8.16. The number of hydrogen-bond acceptors (Lipinski definition) is 4. The monoisotopic (exact) mass is 287 g/mol. The van der Waals surface area contributed by atoms with Crippen LogP contribution in [0.3, 0.4) is 0 Å². The van der Waals surface area contributed by atoms with Crippen LogP contribution < -0.4 is 5.32 Å². The zero-order valence-corrected chi connectivity index (χ0v) is 13.3. The summed E-state index contributed by atoms with van der Waals surface area (Å²) < 4.78 is 10.6. The van der Waals surface area contributed by atoms with Crippen molar-refractivity contribution in [1.82, 2.24) is 5.32 Å². The highest BCUT2D eigenvalue weighted by Gasteiger charge is 2.41. The Morgan fingerprint density at radius 3 is 2.65 bits per heavy atom. The van der Waals surface area contributed by atoms with Crippen molar-refractivity contribution >= 4 is 0 Å². The quantitative estimate of drug-likeness (QED) is 0.482. The molecular formula is C16H33NO3. The van der Waals surface area contributed by atoms with Gasteiger partial charge in [0.05, 0.1) is 12.7 Å². The van der Waals surface area contributed by atoms with Gasteiger partial charge in [0.15, 0.2) is 0 Å². The van der Waals surface area contributed by atoms with Gasteiger partial charge in [-0.25, -0.2) is 0 Å². The molecule has 1 unspecified atom stereocenters. The lowest BCUT2D eigenvalue weighted by Crippen LogP contribution is -2.34. The van der Waals surface area contributed by atoms with Crippen molar-refractivity contribution in [1.29, 1.82) is 0 Å². The van der Waals surface area contributed by atoms with Crippen LogP contribution in [0, 0.1) is 5.41 Å². The van der Waals surface area contributed by atoms with E-state index in [1.54, 1.807) is 7.11 Å². The van der Waals surface area contributed by atoms with E-state index in [1.807, 2.05) is 0 Å². The molecule has 1 atom stereocenters. The van der Waals surface area contributed by atoms with Crippen molar-refractivity contribution < 1.29 is 14.6 Å².